The summed E-state index contributed by atoms with van der Waals surface area (Å²) >= 11 is 0. The summed E-state index contributed by atoms with van der Waals surface area (Å²) in [6.45, 7) is 2.31. The number of pyridine rings is 1. The van der Waals surface area contributed by atoms with E-state index in [4.69, 9.17) is 0 Å². The van der Waals surface area contributed by atoms with Crippen molar-refractivity contribution in [3.63, 3.8) is 0 Å². The molecule has 1 aromatic carbocycles. The second-order valence-corrected chi connectivity index (χ2v) is 6.54. The first-order chi connectivity index (χ1) is 12.4. The number of carbonyl (C=O) groups is 1. The summed E-state index contributed by atoms with van der Waals surface area (Å²) in [4.78, 5) is 24.5. The minimum absolute atomic E-state index is 0.162. The molecule has 1 heterocycles. The molecule has 1 aliphatic rings. The molecule has 0 unspecified atom stereocenters. The average Bonchev–Trinajstić information content (AvgIpc) is 2.57. The zero-order valence-electron chi connectivity index (χ0n) is 14.3. The van der Waals surface area contributed by atoms with Gasteiger partial charge in [-0.25, -0.2) is 8.78 Å². The molecule has 1 aliphatic carbocycles. The Hall–Kier alpha value is -2.54. The van der Waals surface area contributed by atoms with Crippen molar-refractivity contribution in [2.75, 3.05) is 0 Å². The van der Waals surface area contributed by atoms with Gasteiger partial charge < -0.3 is 15.0 Å². The minimum Gasteiger partial charge on any atom is -0.393 e. The number of aryl methyl sites for hydroxylation is 1. The van der Waals surface area contributed by atoms with Crippen molar-refractivity contribution in [3.05, 3.63) is 69.6 Å². The highest BCUT2D eigenvalue weighted by Gasteiger charge is 2.37. The van der Waals surface area contributed by atoms with Crippen LogP contribution in [0.4, 0.5) is 8.78 Å². The zero-order chi connectivity index (χ0) is 18.8. The van der Waals surface area contributed by atoms with Gasteiger partial charge in [0, 0.05) is 36.0 Å². The van der Waals surface area contributed by atoms with E-state index in [1.54, 1.807) is 0 Å². The normalized spacial score (nSPS) is 20.3. The van der Waals surface area contributed by atoms with E-state index < -0.39 is 29.7 Å². The highest BCUT2D eigenvalue weighted by molar-refractivity contribution is 5.94. The first-order valence-corrected chi connectivity index (χ1v) is 8.53. The van der Waals surface area contributed by atoms with E-state index in [1.165, 1.54) is 29.0 Å². The van der Waals surface area contributed by atoms with E-state index >= 15 is 0 Å². The molecule has 1 amide bonds. The van der Waals surface area contributed by atoms with Crippen LogP contribution in [0.2, 0.25) is 0 Å². The minimum atomic E-state index is -0.752. The molecule has 0 radical (unpaired) electrons. The van der Waals surface area contributed by atoms with Gasteiger partial charge >= 0.3 is 0 Å². The van der Waals surface area contributed by atoms with Gasteiger partial charge in [0.1, 0.15) is 11.6 Å². The molecule has 2 aromatic rings. The van der Waals surface area contributed by atoms with E-state index in [0.717, 1.165) is 12.1 Å². The topological polar surface area (TPSA) is 71.3 Å². The Morgan fingerprint density at radius 2 is 2.04 bits per heavy atom. The van der Waals surface area contributed by atoms with Crippen LogP contribution in [0.3, 0.4) is 0 Å². The Balaban J connectivity index is 1.87. The van der Waals surface area contributed by atoms with Crippen LogP contribution in [0.15, 0.2) is 41.3 Å². The number of rotatable bonds is 5. The fourth-order valence-corrected chi connectivity index (χ4v) is 3.24. The summed E-state index contributed by atoms with van der Waals surface area (Å²) in [6, 6.07) is 5.25. The third kappa shape index (κ3) is 3.67. The van der Waals surface area contributed by atoms with Gasteiger partial charge in [-0.15, -0.1) is 0 Å². The molecule has 0 aliphatic heterocycles. The Kier molecular flexibility index (Phi) is 5.18. The summed E-state index contributed by atoms with van der Waals surface area (Å²) in [5.74, 6) is -2.13. The molecule has 26 heavy (non-hydrogen) atoms. The third-order valence-electron chi connectivity index (χ3n) is 4.80. The number of aromatic nitrogens is 1. The van der Waals surface area contributed by atoms with Crippen molar-refractivity contribution in [2.24, 2.45) is 5.92 Å². The SMILES string of the molecule is CCn1ccc(C(=O)N[C@@H](c2ccc(F)cc2F)C2CC(O)C2)cc1=O. The van der Waals surface area contributed by atoms with Crippen LogP contribution in [-0.2, 0) is 6.54 Å². The van der Waals surface area contributed by atoms with Crippen molar-refractivity contribution in [2.45, 2.75) is 38.5 Å². The third-order valence-corrected chi connectivity index (χ3v) is 4.80. The van der Waals surface area contributed by atoms with Crippen molar-refractivity contribution in [1.29, 1.82) is 0 Å². The number of halogens is 2. The molecule has 0 bridgehead atoms. The molecule has 1 aromatic heterocycles. The van der Waals surface area contributed by atoms with Crippen LogP contribution in [0.1, 0.15) is 41.7 Å². The van der Waals surface area contributed by atoms with E-state index in [0.29, 0.717) is 19.4 Å². The van der Waals surface area contributed by atoms with Gasteiger partial charge in [0.25, 0.3) is 11.5 Å². The summed E-state index contributed by atoms with van der Waals surface area (Å²) < 4.78 is 28.9. The van der Waals surface area contributed by atoms with Gasteiger partial charge in [-0.05, 0) is 37.8 Å². The molecular weight excluding hydrogens is 342 g/mol. The second-order valence-electron chi connectivity index (χ2n) is 6.54. The van der Waals surface area contributed by atoms with Gasteiger partial charge in [-0.1, -0.05) is 6.07 Å². The average molecular weight is 362 g/mol. The van der Waals surface area contributed by atoms with Crippen LogP contribution in [0.25, 0.3) is 0 Å². The maximum Gasteiger partial charge on any atom is 0.252 e. The van der Waals surface area contributed by atoms with E-state index in [-0.39, 0.29) is 22.6 Å². The molecule has 7 heteroatoms. The first kappa shape index (κ1) is 18.3. The quantitative estimate of drug-likeness (QED) is 0.858. The fourth-order valence-electron chi connectivity index (χ4n) is 3.24. The summed E-state index contributed by atoms with van der Waals surface area (Å²) in [6.07, 6.45) is 1.87. The number of carbonyl (C=O) groups excluding carboxylic acids is 1. The smallest absolute Gasteiger partial charge is 0.252 e. The predicted molar refractivity (Wildman–Crippen MR) is 91.7 cm³/mol. The number of nitrogens with one attached hydrogen (secondary N) is 1. The van der Waals surface area contributed by atoms with Gasteiger partial charge in [0.15, 0.2) is 0 Å². The molecular formula is C19H20F2N2O3. The van der Waals surface area contributed by atoms with Crippen LogP contribution >= 0.6 is 0 Å². The van der Waals surface area contributed by atoms with Gasteiger partial charge in [-0.3, -0.25) is 9.59 Å². The lowest BCUT2D eigenvalue weighted by molar-refractivity contribution is 0.0229. The Morgan fingerprint density at radius 3 is 2.62 bits per heavy atom. The van der Waals surface area contributed by atoms with Gasteiger partial charge in [0.2, 0.25) is 0 Å². The molecule has 1 saturated carbocycles. The highest BCUT2D eigenvalue weighted by atomic mass is 19.1. The number of amides is 1. The maximum absolute atomic E-state index is 14.2. The molecule has 5 nitrogen and oxygen atoms in total. The van der Waals surface area contributed by atoms with Crippen molar-refractivity contribution in [1.82, 2.24) is 9.88 Å². The Bertz CT molecular complexity index is 875. The molecule has 3 rings (SSSR count). The van der Waals surface area contributed by atoms with Crippen molar-refractivity contribution < 1.29 is 18.7 Å². The standard InChI is InChI=1S/C19H20F2N2O3/c1-2-23-6-5-11(9-17(23)25)19(26)22-18(12-7-14(24)8-12)15-4-3-13(20)10-16(15)21/h3-6,9-10,12,14,18,24H,2,7-8H2,1H3,(H,22,26)/t12?,14?,18-/m1/s1. The predicted octanol–water partition coefficient (Wildman–Crippen LogP) is 2.39. The lowest BCUT2D eigenvalue weighted by atomic mass is 9.75. The number of hydrogen-bond donors (Lipinski definition) is 2. The van der Waals surface area contributed by atoms with Crippen molar-refractivity contribution >= 4 is 5.91 Å². The number of aliphatic hydroxyl groups is 1. The van der Waals surface area contributed by atoms with Gasteiger partial charge in [-0.2, -0.15) is 0 Å². The monoisotopic (exact) mass is 362 g/mol. The van der Waals surface area contributed by atoms with Crippen LogP contribution in [-0.4, -0.2) is 21.7 Å². The van der Waals surface area contributed by atoms with E-state index in [2.05, 4.69) is 5.32 Å². The lowest BCUT2D eigenvalue weighted by Gasteiger charge is -2.38. The molecule has 2 N–H and O–H groups in total. The van der Waals surface area contributed by atoms with Crippen LogP contribution in [0.5, 0.6) is 0 Å². The molecule has 0 saturated heterocycles. The molecule has 1 fully saturated rings. The first-order valence-electron chi connectivity index (χ1n) is 8.53. The second kappa shape index (κ2) is 7.37. The molecule has 138 valence electrons. The van der Waals surface area contributed by atoms with Crippen LogP contribution in [0, 0.1) is 17.6 Å². The lowest BCUT2D eigenvalue weighted by Crippen LogP contribution is -2.42. The number of nitrogens with zero attached hydrogens (tertiary/aromatic N) is 1. The maximum atomic E-state index is 14.2. The van der Waals surface area contributed by atoms with E-state index in [1.807, 2.05) is 6.92 Å². The van der Waals surface area contributed by atoms with Gasteiger partial charge in [0.05, 0.1) is 12.1 Å². The molecule has 0 spiro atoms. The van der Waals surface area contributed by atoms with Crippen molar-refractivity contribution in [3.8, 4) is 0 Å². The van der Waals surface area contributed by atoms with E-state index in [9.17, 15) is 23.5 Å². The fraction of sp³-hybridized carbons (Fsp3) is 0.368. The largest absolute Gasteiger partial charge is 0.393 e. The number of benzene rings is 1. The highest BCUT2D eigenvalue weighted by Crippen LogP contribution is 2.39. The summed E-state index contributed by atoms with van der Waals surface area (Å²) in [5.41, 5.74) is 0.0365. The van der Waals surface area contributed by atoms with Crippen LogP contribution < -0.4 is 10.9 Å². The summed E-state index contributed by atoms with van der Waals surface area (Å²) in [5, 5.41) is 12.3. The Morgan fingerprint density at radius 1 is 1.31 bits per heavy atom. The molecule has 1 atom stereocenters. The number of hydrogen-bond acceptors (Lipinski definition) is 3. The Labute approximate surface area is 149 Å². The number of aliphatic hydroxyl groups excluding tert-OH is 1. The zero-order valence-corrected chi connectivity index (χ0v) is 14.3. The summed E-state index contributed by atoms with van der Waals surface area (Å²) in [7, 11) is 0.